The first kappa shape index (κ1) is 16.8. The Balaban J connectivity index is 2.67. The first-order chi connectivity index (χ1) is 9.58. The van der Waals surface area contributed by atoms with Gasteiger partial charge in [-0.25, -0.2) is 4.39 Å². The number of Topliss-reactive ketones (excluding diaryl/α,β-unsaturated/α-hetero) is 1. The van der Waals surface area contributed by atoms with Gasteiger partial charge in [-0.3, -0.25) is 9.69 Å². The number of ketones is 1. The van der Waals surface area contributed by atoms with Gasteiger partial charge in [0.15, 0.2) is 5.78 Å². The van der Waals surface area contributed by atoms with Crippen molar-refractivity contribution in [2.75, 3.05) is 40.5 Å². The van der Waals surface area contributed by atoms with E-state index in [2.05, 4.69) is 0 Å². The molecule has 1 rings (SSSR count). The molecule has 0 aliphatic carbocycles. The summed E-state index contributed by atoms with van der Waals surface area (Å²) >= 11 is 0. The molecular formula is C15H22FNO3. The lowest BCUT2D eigenvalue weighted by molar-refractivity contribution is 0.0651. The Morgan fingerprint density at radius 2 is 1.90 bits per heavy atom. The van der Waals surface area contributed by atoms with E-state index in [-0.39, 0.29) is 24.2 Å². The summed E-state index contributed by atoms with van der Waals surface area (Å²) < 4.78 is 23.0. The second-order valence-corrected chi connectivity index (χ2v) is 4.70. The van der Waals surface area contributed by atoms with Crippen LogP contribution in [0.2, 0.25) is 0 Å². The Hall–Kier alpha value is -1.30. The molecule has 0 aromatic heterocycles. The van der Waals surface area contributed by atoms with E-state index in [0.717, 1.165) is 0 Å². The highest BCUT2D eigenvalue weighted by Gasteiger charge is 2.18. The van der Waals surface area contributed by atoms with Crippen molar-refractivity contribution in [1.29, 1.82) is 0 Å². The highest BCUT2D eigenvalue weighted by Crippen LogP contribution is 2.07. The Labute approximate surface area is 119 Å². The summed E-state index contributed by atoms with van der Waals surface area (Å²) in [4.78, 5) is 14.2. The van der Waals surface area contributed by atoms with Crippen LogP contribution >= 0.6 is 0 Å². The minimum absolute atomic E-state index is 0.0379. The number of benzene rings is 1. The van der Waals surface area contributed by atoms with Gasteiger partial charge in [-0.15, -0.1) is 0 Å². The molecule has 20 heavy (non-hydrogen) atoms. The summed E-state index contributed by atoms with van der Waals surface area (Å²) in [6.07, 6.45) is 0. The van der Waals surface area contributed by atoms with Crippen molar-refractivity contribution in [3.05, 3.63) is 35.6 Å². The molecule has 0 saturated carbocycles. The number of methoxy groups -OCH3 is 2. The molecule has 5 heteroatoms. The van der Waals surface area contributed by atoms with Crippen molar-refractivity contribution >= 4 is 5.78 Å². The summed E-state index contributed by atoms with van der Waals surface area (Å²) in [5.41, 5.74) is 0.512. The van der Waals surface area contributed by atoms with Crippen molar-refractivity contribution < 1.29 is 18.7 Å². The Morgan fingerprint density at radius 1 is 1.25 bits per heavy atom. The van der Waals surface area contributed by atoms with Crippen molar-refractivity contribution in [3.63, 3.8) is 0 Å². The molecule has 1 atom stereocenters. The zero-order valence-corrected chi connectivity index (χ0v) is 12.3. The molecule has 1 unspecified atom stereocenters. The van der Waals surface area contributed by atoms with Crippen LogP contribution in [0.5, 0.6) is 0 Å². The average Bonchev–Trinajstić information content (AvgIpc) is 2.44. The molecule has 1 aromatic rings. The van der Waals surface area contributed by atoms with E-state index in [1.54, 1.807) is 14.2 Å². The Bertz CT molecular complexity index is 408. The summed E-state index contributed by atoms with van der Waals surface area (Å²) in [7, 11) is 3.26. The van der Waals surface area contributed by atoms with Crippen molar-refractivity contribution in [1.82, 2.24) is 4.90 Å². The molecule has 0 heterocycles. The summed E-state index contributed by atoms with van der Waals surface area (Å²) in [5.74, 6) is -0.380. The molecule has 0 N–H and O–H groups in total. The predicted octanol–water partition coefficient (Wildman–Crippen LogP) is 1.99. The SMILES string of the molecule is COCCN(CC(=O)c1ccc(F)cc1)C(C)COC. The normalized spacial score (nSPS) is 12.7. The fourth-order valence-corrected chi connectivity index (χ4v) is 1.92. The van der Waals surface area contributed by atoms with E-state index in [0.29, 0.717) is 25.3 Å². The van der Waals surface area contributed by atoms with Crippen molar-refractivity contribution in [2.45, 2.75) is 13.0 Å². The summed E-state index contributed by atoms with van der Waals surface area (Å²) in [5, 5.41) is 0. The fourth-order valence-electron chi connectivity index (χ4n) is 1.92. The Kier molecular flexibility index (Phi) is 7.36. The van der Waals surface area contributed by atoms with Gasteiger partial charge < -0.3 is 9.47 Å². The van der Waals surface area contributed by atoms with Crippen molar-refractivity contribution in [2.24, 2.45) is 0 Å². The number of nitrogens with zero attached hydrogens (tertiary/aromatic N) is 1. The third-order valence-electron chi connectivity index (χ3n) is 3.13. The summed E-state index contributed by atoms with van der Waals surface area (Å²) in [6.45, 7) is 4.00. The lowest BCUT2D eigenvalue weighted by Crippen LogP contribution is -2.41. The molecule has 0 fully saturated rings. The molecule has 0 aliphatic rings. The topological polar surface area (TPSA) is 38.8 Å². The molecule has 112 valence electrons. The third-order valence-corrected chi connectivity index (χ3v) is 3.13. The van der Waals surface area contributed by atoms with Crippen LogP contribution in [0.3, 0.4) is 0 Å². The molecule has 0 spiro atoms. The van der Waals surface area contributed by atoms with Crippen LogP contribution in [-0.2, 0) is 9.47 Å². The van der Waals surface area contributed by atoms with Crippen LogP contribution in [0.25, 0.3) is 0 Å². The molecular weight excluding hydrogens is 261 g/mol. The van der Waals surface area contributed by atoms with Gasteiger partial charge in [-0.1, -0.05) is 0 Å². The lowest BCUT2D eigenvalue weighted by Gasteiger charge is -2.27. The van der Waals surface area contributed by atoms with Crippen LogP contribution in [0.4, 0.5) is 4.39 Å². The average molecular weight is 283 g/mol. The van der Waals surface area contributed by atoms with Gasteiger partial charge in [0.05, 0.1) is 19.8 Å². The molecule has 1 aromatic carbocycles. The van der Waals surface area contributed by atoms with Crippen LogP contribution in [0, 0.1) is 5.82 Å². The number of hydrogen-bond acceptors (Lipinski definition) is 4. The van der Waals surface area contributed by atoms with Gasteiger partial charge in [-0.05, 0) is 31.2 Å². The van der Waals surface area contributed by atoms with Crippen LogP contribution in [0.1, 0.15) is 17.3 Å². The van der Waals surface area contributed by atoms with Crippen molar-refractivity contribution in [3.8, 4) is 0 Å². The molecule has 4 nitrogen and oxygen atoms in total. The van der Waals surface area contributed by atoms with Crippen LogP contribution in [0.15, 0.2) is 24.3 Å². The van der Waals surface area contributed by atoms with E-state index in [9.17, 15) is 9.18 Å². The molecule has 0 saturated heterocycles. The minimum Gasteiger partial charge on any atom is -0.383 e. The standard InChI is InChI=1S/C15H22FNO3/c1-12(11-20-3)17(8-9-19-2)10-15(18)13-4-6-14(16)7-5-13/h4-7,12H,8-11H2,1-3H3. The molecule has 0 bridgehead atoms. The number of ether oxygens (including phenoxy) is 2. The van der Waals surface area contributed by atoms with Gasteiger partial charge in [0.1, 0.15) is 5.82 Å². The highest BCUT2D eigenvalue weighted by atomic mass is 19.1. The second kappa shape index (κ2) is 8.79. The van der Waals surface area contributed by atoms with Gasteiger partial charge in [-0.2, -0.15) is 0 Å². The largest absolute Gasteiger partial charge is 0.383 e. The van der Waals surface area contributed by atoms with E-state index >= 15 is 0 Å². The third kappa shape index (κ3) is 5.36. The van der Waals surface area contributed by atoms with E-state index in [1.165, 1.54) is 24.3 Å². The number of hydrogen-bond donors (Lipinski definition) is 0. The summed E-state index contributed by atoms with van der Waals surface area (Å²) in [6, 6.07) is 5.72. The fraction of sp³-hybridized carbons (Fsp3) is 0.533. The highest BCUT2D eigenvalue weighted by molar-refractivity contribution is 5.97. The first-order valence-electron chi connectivity index (χ1n) is 6.59. The van der Waals surface area contributed by atoms with Gasteiger partial charge in [0.25, 0.3) is 0 Å². The molecule has 0 radical (unpaired) electrons. The molecule has 0 aliphatic heterocycles. The number of rotatable bonds is 9. The van der Waals surface area contributed by atoms with E-state index in [1.807, 2.05) is 11.8 Å². The minimum atomic E-state index is -0.342. The van der Waals surface area contributed by atoms with Crippen LogP contribution < -0.4 is 0 Å². The van der Waals surface area contributed by atoms with Gasteiger partial charge in [0.2, 0.25) is 0 Å². The maximum Gasteiger partial charge on any atom is 0.176 e. The lowest BCUT2D eigenvalue weighted by atomic mass is 10.1. The quantitative estimate of drug-likeness (QED) is 0.650. The maximum atomic E-state index is 12.9. The number of carbonyl (C=O) groups excluding carboxylic acids is 1. The second-order valence-electron chi connectivity index (χ2n) is 4.70. The first-order valence-corrected chi connectivity index (χ1v) is 6.59. The number of halogens is 1. The van der Waals surface area contributed by atoms with Gasteiger partial charge in [0, 0.05) is 32.4 Å². The monoisotopic (exact) mass is 283 g/mol. The smallest absolute Gasteiger partial charge is 0.176 e. The van der Waals surface area contributed by atoms with E-state index < -0.39 is 0 Å². The van der Waals surface area contributed by atoms with Gasteiger partial charge >= 0.3 is 0 Å². The maximum absolute atomic E-state index is 12.9. The van der Waals surface area contributed by atoms with Crippen LogP contribution in [-0.4, -0.2) is 57.2 Å². The Morgan fingerprint density at radius 3 is 2.45 bits per heavy atom. The zero-order chi connectivity index (χ0) is 15.0. The number of carbonyl (C=O) groups is 1. The zero-order valence-electron chi connectivity index (χ0n) is 12.3. The molecule has 0 amide bonds. The van der Waals surface area contributed by atoms with E-state index in [4.69, 9.17) is 9.47 Å². The predicted molar refractivity (Wildman–Crippen MR) is 75.5 cm³/mol.